The lowest BCUT2D eigenvalue weighted by Gasteiger charge is -2.31. The number of aliphatic hydroxyl groups is 1. The summed E-state index contributed by atoms with van der Waals surface area (Å²) >= 11 is 0. The molecule has 0 bridgehead atoms. The van der Waals surface area contributed by atoms with Gasteiger partial charge in [-0.1, -0.05) is 12.1 Å². The normalized spacial score (nSPS) is 23.8. The van der Waals surface area contributed by atoms with E-state index in [-0.39, 0.29) is 6.54 Å². The number of nitrogens with zero attached hydrogens (tertiary/aromatic N) is 1. The standard InChI is InChI=1S/C14H19NO4/c1-19-12-6-4-11(5-7-12)14(18)8-2-3-9-15(10-14)13(16)17/h4-7,18H,2-3,8-10H2,1H3,(H,16,17). The molecule has 1 atom stereocenters. The number of amides is 1. The van der Waals surface area contributed by atoms with Gasteiger partial charge in [0.1, 0.15) is 11.4 Å². The molecule has 1 saturated heterocycles. The largest absolute Gasteiger partial charge is 0.497 e. The van der Waals surface area contributed by atoms with Crippen molar-refractivity contribution in [2.45, 2.75) is 24.9 Å². The van der Waals surface area contributed by atoms with Crippen molar-refractivity contribution >= 4 is 6.09 Å². The molecule has 1 fully saturated rings. The summed E-state index contributed by atoms with van der Waals surface area (Å²) in [5, 5.41) is 19.9. The van der Waals surface area contributed by atoms with Crippen LogP contribution in [0.2, 0.25) is 0 Å². The summed E-state index contributed by atoms with van der Waals surface area (Å²) in [6.45, 7) is 0.600. The minimum Gasteiger partial charge on any atom is -0.497 e. The average Bonchev–Trinajstić information content (AvgIpc) is 2.62. The zero-order valence-electron chi connectivity index (χ0n) is 11.0. The van der Waals surface area contributed by atoms with E-state index in [4.69, 9.17) is 9.84 Å². The molecule has 104 valence electrons. The van der Waals surface area contributed by atoms with Gasteiger partial charge in [0.15, 0.2) is 0 Å². The monoisotopic (exact) mass is 265 g/mol. The molecule has 1 unspecified atom stereocenters. The molecule has 5 nitrogen and oxygen atoms in total. The summed E-state index contributed by atoms with van der Waals surface area (Å²) in [6.07, 6.45) is 1.19. The summed E-state index contributed by atoms with van der Waals surface area (Å²) in [5.74, 6) is 0.719. The summed E-state index contributed by atoms with van der Waals surface area (Å²) in [5.41, 5.74) is -0.373. The topological polar surface area (TPSA) is 70.0 Å². The molecule has 1 amide bonds. The number of hydrogen-bond acceptors (Lipinski definition) is 3. The molecule has 1 aliphatic rings. The van der Waals surface area contributed by atoms with Crippen LogP contribution in [0, 0.1) is 0 Å². The predicted octanol–water partition coefficient (Wildman–Crippen LogP) is 2.05. The Bertz CT molecular complexity index is 445. The highest BCUT2D eigenvalue weighted by atomic mass is 16.5. The highest BCUT2D eigenvalue weighted by Gasteiger charge is 2.35. The van der Waals surface area contributed by atoms with Gasteiger partial charge in [0, 0.05) is 6.54 Å². The highest BCUT2D eigenvalue weighted by Crippen LogP contribution is 2.32. The first-order valence-electron chi connectivity index (χ1n) is 6.40. The maximum Gasteiger partial charge on any atom is 0.407 e. The second kappa shape index (κ2) is 5.48. The van der Waals surface area contributed by atoms with E-state index in [2.05, 4.69) is 0 Å². The number of methoxy groups -OCH3 is 1. The Kier molecular flexibility index (Phi) is 3.95. The lowest BCUT2D eigenvalue weighted by atomic mass is 9.89. The number of carboxylic acid groups (broad SMARTS) is 1. The van der Waals surface area contributed by atoms with E-state index in [0.717, 1.165) is 24.2 Å². The minimum atomic E-state index is -1.11. The predicted molar refractivity (Wildman–Crippen MR) is 70.3 cm³/mol. The second-order valence-electron chi connectivity index (χ2n) is 4.92. The number of β-amino-alcohol motifs (C(OH)–C–C–N with tert-alkyl or cyclic N) is 1. The molecule has 19 heavy (non-hydrogen) atoms. The zero-order chi connectivity index (χ0) is 13.9. The van der Waals surface area contributed by atoms with Gasteiger partial charge in [0.05, 0.1) is 13.7 Å². The number of likely N-dealkylation sites (tertiary alicyclic amines) is 1. The van der Waals surface area contributed by atoms with E-state index in [1.807, 2.05) is 0 Å². The van der Waals surface area contributed by atoms with Crippen LogP contribution in [0.15, 0.2) is 24.3 Å². The third-order valence-electron chi connectivity index (χ3n) is 3.62. The van der Waals surface area contributed by atoms with Crippen molar-refractivity contribution in [2.24, 2.45) is 0 Å². The lowest BCUT2D eigenvalue weighted by molar-refractivity contribution is 0.00464. The first-order chi connectivity index (χ1) is 9.05. The van der Waals surface area contributed by atoms with E-state index in [9.17, 15) is 9.90 Å². The van der Waals surface area contributed by atoms with Gasteiger partial charge in [-0.2, -0.15) is 0 Å². The third kappa shape index (κ3) is 2.98. The van der Waals surface area contributed by atoms with Gasteiger partial charge in [-0.3, -0.25) is 0 Å². The van der Waals surface area contributed by atoms with Gasteiger partial charge in [-0.05, 0) is 37.0 Å². The van der Waals surface area contributed by atoms with Crippen LogP contribution in [-0.2, 0) is 5.60 Å². The Morgan fingerprint density at radius 3 is 2.58 bits per heavy atom. The van der Waals surface area contributed by atoms with Crippen molar-refractivity contribution in [3.8, 4) is 5.75 Å². The molecule has 2 N–H and O–H groups in total. The molecule has 0 saturated carbocycles. The number of hydrogen-bond donors (Lipinski definition) is 2. The van der Waals surface area contributed by atoms with Crippen LogP contribution in [0.3, 0.4) is 0 Å². The zero-order valence-corrected chi connectivity index (χ0v) is 11.0. The van der Waals surface area contributed by atoms with Gasteiger partial charge in [0.25, 0.3) is 0 Å². The van der Waals surface area contributed by atoms with Gasteiger partial charge in [-0.25, -0.2) is 4.79 Å². The number of benzene rings is 1. The van der Waals surface area contributed by atoms with Crippen molar-refractivity contribution in [3.63, 3.8) is 0 Å². The van der Waals surface area contributed by atoms with Crippen LogP contribution in [0.1, 0.15) is 24.8 Å². The van der Waals surface area contributed by atoms with Gasteiger partial charge < -0.3 is 19.8 Å². The molecule has 0 aromatic heterocycles. The van der Waals surface area contributed by atoms with Gasteiger partial charge >= 0.3 is 6.09 Å². The number of rotatable bonds is 2. The molecule has 1 aromatic carbocycles. The highest BCUT2D eigenvalue weighted by molar-refractivity contribution is 5.65. The maximum absolute atomic E-state index is 11.1. The summed E-state index contributed by atoms with van der Waals surface area (Å²) in [7, 11) is 1.58. The smallest absolute Gasteiger partial charge is 0.407 e. The van der Waals surface area contributed by atoms with Crippen molar-refractivity contribution in [1.29, 1.82) is 0 Å². The van der Waals surface area contributed by atoms with Crippen LogP contribution in [0.4, 0.5) is 4.79 Å². The van der Waals surface area contributed by atoms with E-state index in [0.29, 0.717) is 13.0 Å². The molecular weight excluding hydrogens is 246 g/mol. The van der Waals surface area contributed by atoms with Crippen molar-refractivity contribution in [3.05, 3.63) is 29.8 Å². The van der Waals surface area contributed by atoms with Crippen molar-refractivity contribution in [1.82, 2.24) is 4.90 Å². The Labute approximate surface area is 112 Å². The van der Waals surface area contributed by atoms with E-state index >= 15 is 0 Å². The second-order valence-corrected chi connectivity index (χ2v) is 4.92. The van der Waals surface area contributed by atoms with Crippen molar-refractivity contribution in [2.75, 3.05) is 20.2 Å². The lowest BCUT2D eigenvalue weighted by Crippen LogP contribution is -2.41. The van der Waals surface area contributed by atoms with E-state index in [1.54, 1.807) is 31.4 Å². The molecule has 0 spiro atoms. The number of carbonyl (C=O) groups is 1. The van der Waals surface area contributed by atoms with Crippen molar-refractivity contribution < 1.29 is 19.7 Å². The minimum absolute atomic E-state index is 0.120. The molecule has 2 rings (SSSR count). The van der Waals surface area contributed by atoms with E-state index in [1.165, 1.54) is 4.90 Å². The number of ether oxygens (including phenoxy) is 1. The van der Waals surface area contributed by atoms with Gasteiger partial charge in [0.2, 0.25) is 0 Å². The fourth-order valence-electron chi connectivity index (χ4n) is 2.49. The van der Waals surface area contributed by atoms with Crippen LogP contribution in [-0.4, -0.2) is 41.4 Å². The van der Waals surface area contributed by atoms with E-state index < -0.39 is 11.7 Å². The molecule has 0 aliphatic carbocycles. The van der Waals surface area contributed by atoms with Crippen LogP contribution >= 0.6 is 0 Å². The Morgan fingerprint density at radius 1 is 1.32 bits per heavy atom. The fourth-order valence-corrected chi connectivity index (χ4v) is 2.49. The molecule has 0 radical (unpaired) electrons. The Balaban J connectivity index is 2.24. The molecule has 5 heteroatoms. The Morgan fingerprint density at radius 2 is 2.00 bits per heavy atom. The fraction of sp³-hybridized carbons (Fsp3) is 0.500. The molecular formula is C14H19NO4. The van der Waals surface area contributed by atoms with Gasteiger partial charge in [-0.15, -0.1) is 0 Å². The SMILES string of the molecule is COc1ccc(C2(O)CCCCN(C(=O)O)C2)cc1. The quantitative estimate of drug-likeness (QED) is 0.858. The third-order valence-corrected chi connectivity index (χ3v) is 3.62. The first kappa shape index (κ1) is 13.7. The maximum atomic E-state index is 11.1. The average molecular weight is 265 g/mol. The van der Waals surface area contributed by atoms with Crippen LogP contribution in [0.25, 0.3) is 0 Å². The van der Waals surface area contributed by atoms with Crippen LogP contribution in [0.5, 0.6) is 5.75 Å². The summed E-state index contributed by atoms with van der Waals surface area (Å²) < 4.78 is 5.09. The Hall–Kier alpha value is -1.75. The van der Waals surface area contributed by atoms with Crippen LogP contribution < -0.4 is 4.74 Å². The molecule has 1 aromatic rings. The summed E-state index contributed by atoms with van der Waals surface area (Å²) in [4.78, 5) is 12.4. The first-order valence-corrected chi connectivity index (χ1v) is 6.40. The molecule has 1 aliphatic heterocycles. The summed E-state index contributed by atoms with van der Waals surface area (Å²) in [6, 6.07) is 7.15. The molecule has 1 heterocycles.